The molecule has 27 heavy (non-hydrogen) atoms. The Morgan fingerprint density at radius 1 is 1.00 bits per heavy atom. The second-order valence-electron chi connectivity index (χ2n) is 7.25. The SMILES string of the molecule is O=c1ccc2c(c1)oc1c(-c3ccccc3)c3c4c(sc3[nH]c12)CCCC4. The van der Waals surface area contributed by atoms with Crippen LogP contribution in [-0.2, 0) is 12.8 Å². The molecule has 6 rings (SSSR count). The molecule has 1 N–H and O–H groups in total. The second kappa shape index (κ2) is 5.57. The maximum atomic E-state index is 11.8. The van der Waals surface area contributed by atoms with Crippen LogP contribution >= 0.6 is 11.3 Å². The fourth-order valence-corrected chi connectivity index (χ4v) is 5.70. The molecule has 1 aliphatic rings. The topological polar surface area (TPSA) is 46.0 Å². The van der Waals surface area contributed by atoms with Gasteiger partial charge in [-0.2, -0.15) is 0 Å². The van der Waals surface area contributed by atoms with Gasteiger partial charge < -0.3 is 9.40 Å². The Balaban J connectivity index is 1.85. The van der Waals surface area contributed by atoms with Crippen LogP contribution in [-0.4, -0.2) is 4.98 Å². The van der Waals surface area contributed by atoms with Crippen molar-refractivity contribution in [1.82, 2.24) is 4.98 Å². The fraction of sp³-hybridized carbons (Fsp3) is 0.174. The predicted octanol–water partition coefficient (Wildman–Crippen LogP) is 6.03. The van der Waals surface area contributed by atoms with E-state index >= 15 is 0 Å². The third-order valence-electron chi connectivity index (χ3n) is 5.61. The Morgan fingerprint density at radius 3 is 2.74 bits per heavy atom. The van der Waals surface area contributed by atoms with Crippen molar-refractivity contribution < 1.29 is 4.42 Å². The van der Waals surface area contributed by atoms with Crippen molar-refractivity contribution in [3.05, 3.63) is 69.2 Å². The van der Waals surface area contributed by atoms with E-state index in [1.165, 1.54) is 39.9 Å². The summed E-state index contributed by atoms with van der Waals surface area (Å²) in [5.74, 6) is 0. The molecule has 0 saturated heterocycles. The Hall–Kier alpha value is -2.85. The van der Waals surface area contributed by atoms with Crippen LogP contribution in [0.4, 0.5) is 0 Å². The molecule has 1 aliphatic carbocycles. The number of nitrogens with one attached hydrogen (secondary N) is 1. The summed E-state index contributed by atoms with van der Waals surface area (Å²) >= 11 is 1.88. The smallest absolute Gasteiger partial charge is 0.182 e. The number of hydrogen-bond donors (Lipinski definition) is 1. The summed E-state index contributed by atoms with van der Waals surface area (Å²) < 4.78 is 6.26. The van der Waals surface area contributed by atoms with Crippen LogP contribution in [0.25, 0.3) is 43.4 Å². The number of pyridine rings is 1. The van der Waals surface area contributed by atoms with Crippen molar-refractivity contribution in [1.29, 1.82) is 0 Å². The van der Waals surface area contributed by atoms with E-state index in [0.717, 1.165) is 34.0 Å². The van der Waals surface area contributed by atoms with Gasteiger partial charge in [0.1, 0.15) is 10.4 Å². The van der Waals surface area contributed by atoms with Gasteiger partial charge in [0, 0.05) is 27.3 Å². The Morgan fingerprint density at radius 2 is 1.85 bits per heavy atom. The third-order valence-corrected chi connectivity index (χ3v) is 6.82. The van der Waals surface area contributed by atoms with E-state index in [2.05, 4.69) is 29.2 Å². The van der Waals surface area contributed by atoms with E-state index in [1.807, 2.05) is 23.5 Å². The standard InChI is InChI=1S/C23H17NO2S/c25-14-10-11-15-17(12-14)26-22-19(13-6-2-1-3-7-13)20-16-8-4-5-9-18(16)27-23(20)24-21(15)22/h1-3,6-7,10-12,24H,4-5,8-9H2. The molecule has 0 saturated carbocycles. The molecule has 0 spiro atoms. The van der Waals surface area contributed by atoms with Crippen LogP contribution in [0.15, 0.2) is 57.7 Å². The summed E-state index contributed by atoms with van der Waals surface area (Å²) in [6.45, 7) is 0. The summed E-state index contributed by atoms with van der Waals surface area (Å²) in [6, 6.07) is 15.5. The number of fused-ring (bicyclic) bond motifs is 6. The van der Waals surface area contributed by atoms with E-state index in [9.17, 15) is 4.79 Å². The zero-order chi connectivity index (χ0) is 18.0. The van der Waals surface area contributed by atoms with Gasteiger partial charge in [0.25, 0.3) is 0 Å². The number of aromatic nitrogens is 1. The summed E-state index contributed by atoms with van der Waals surface area (Å²) in [7, 11) is 0. The van der Waals surface area contributed by atoms with E-state index < -0.39 is 0 Å². The number of aromatic amines is 1. The molecule has 3 aromatic heterocycles. The Kier molecular flexibility index (Phi) is 3.14. The number of H-pyrrole nitrogens is 1. The lowest BCUT2D eigenvalue weighted by molar-refractivity contribution is 0.669. The molecule has 0 fully saturated rings. The lowest BCUT2D eigenvalue weighted by Gasteiger charge is -2.12. The van der Waals surface area contributed by atoms with Crippen LogP contribution in [0.2, 0.25) is 0 Å². The molecular weight excluding hydrogens is 354 g/mol. The average Bonchev–Trinajstić information content (AvgIpc) is 3.24. The Labute approximate surface area is 159 Å². The van der Waals surface area contributed by atoms with Crippen molar-refractivity contribution in [3.8, 4) is 11.1 Å². The van der Waals surface area contributed by atoms with Crippen molar-refractivity contribution in [2.45, 2.75) is 25.7 Å². The Bertz CT molecular complexity index is 1390. The molecule has 0 bridgehead atoms. The van der Waals surface area contributed by atoms with E-state index in [0.29, 0.717) is 5.58 Å². The minimum absolute atomic E-state index is 0.0259. The average molecular weight is 371 g/mol. The maximum Gasteiger partial charge on any atom is 0.182 e. The zero-order valence-electron chi connectivity index (χ0n) is 14.7. The minimum atomic E-state index is -0.0259. The predicted molar refractivity (Wildman–Crippen MR) is 112 cm³/mol. The zero-order valence-corrected chi connectivity index (χ0v) is 15.5. The minimum Gasteiger partial charge on any atom is -0.454 e. The molecule has 2 aromatic carbocycles. The number of rotatable bonds is 1. The fourth-order valence-electron chi connectivity index (χ4n) is 4.40. The summed E-state index contributed by atoms with van der Waals surface area (Å²) in [6.07, 6.45) is 4.80. The van der Waals surface area contributed by atoms with Crippen molar-refractivity contribution >= 4 is 43.6 Å². The van der Waals surface area contributed by atoms with Crippen molar-refractivity contribution in [3.63, 3.8) is 0 Å². The lowest BCUT2D eigenvalue weighted by atomic mass is 9.92. The van der Waals surface area contributed by atoms with Crippen LogP contribution in [0.3, 0.4) is 0 Å². The molecule has 3 nitrogen and oxygen atoms in total. The molecule has 0 unspecified atom stereocenters. The second-order valence-corrected chi connectivity index (χ2v) is 8.35. The van der Waals surface area contributed by atoms with Gasteiger partial charge in [0.2, 0.25) is 0 Å². The monoisotopic (exact) mass is 371 g/mol. The molecular formula is C23H17NO2S. The van der Waals surface area contributed by atoms with Crippen LogP contribution < -0.4 is 5.43 Å². The molecule has 132 valence electrons. The summed E-state index contributed by atoms with van der Waals surface area (Å²) in [5.41, 5.74) is 6.24. The van der Waals surface area contributed by atoms with Gasteiger partial charge in [-0.25, -0.2) is 0 Å². The highest BCUT2D eigenvalue weighted by Crippen LogP contribution is 2.45. The number of hydrogen-bond acceptors (Lipinski definition) is 3. The van der Waals surface area contributed by atoms with E-state index in [1.54, 1.807) is 12.1 Å². The molecule has 4 heteroatoms. The maximum absolute atomic E-state index is 11.8. The highest BCUT2D eigenvalue weighted by Gasteiger charge is 2.24. The van der Waals surface area contributed by atoms with Crippen molar-refractivity contribution in [2.24, 2.45) is 0 Å². The molecule has 0 radical (unpaired) electrons. The molecule has 0 amide bonds. The normalized spacial score (nSPS) is 14.2. The quantitative estimate of drug-likeness (QED) is 0.391. The highest BCUT2D eigenvalue weighted by molar-refractivity contribution is 7.19. The number of thiophene rings is 1. The van der Waals surface area contributed by atoms with Gasteiger partial charge in [0.05, 0.1) is 5.52 Å². The lowest BCUT2D eigenvalue weighted by Crippen LogP contribution is -1.98. The molecule has 0 atom stereocenters. The first-order chi connectivity index (χ1) is 13.3. The van der Waals surface area contributed by atoms with Crippen LogP contribution in [0.5, 0.6) is 0 Å². The first-order valence-corrected chi connectivity index (χ1v) is 10.2. The van der Waals surface area contributed by atoms with Gasteiger partial charge in [-0.1, -0.05) is 30.3 Å². The highest BCUT2D eigenvalue weighted by atomic mass is 32.1. The van der Waals surface area contributed by atoms with Gasteiger partial charge in [-0.05, 0) is 48.9 Å². The van der Waals surface area contributed by atoms with Crippen LogP contribution in [0, 0.1) is 0 Å². The first-order valence-electron chi connectivity index (χ1n) is 9.38. The third kappa shape index (κ3) is 2.17. The first kappa shape index (κ1) is 15.2. The van der Waals surface area contributed by atoms with Crippen LogP contribution in [0.1, 0.15) is 23.3 Å². The van der Waals surface area contributed by atoms with Crippen molar-refractivity contribution in [2.75, 3.05) is 0 Å². The van der Waals surface area contributed by atoms with E-state index in [-0.39, 0.29) is 5.43 Å². The van der Waals surface area contributed by atoms with Gasteiger partial charge in [0.15, 0.2) is 11.0 Å². The molecule has 3 heterocycles. The number of benzene rings is 2. The molecule has 5 aromatic rings. The van der Waals surface area contributed by atoms with E-state index in [4.69, 9.17) is 4.42 Å². The van der Waals surface area contributed by atoms with Gasteiger partial charge in [-0.3, -0.25) is 4.79 Å². The molecule has 0 aliphatic heterocycles. The number of furan rings is 1. The van der Waals surface area contributed by atoms with Gasteiger partial charge >= 0.3 is 0 Å². The number of aryl methyl sites for hydroxylation is 2. The largest absolute Gasteiger partial charge is 0.454 e. The summed E-state index contributed by atoms with van der Waals surface area (Å²) in [4.78, 5) is 18.2. The van der Waals surface area contributed by atoms with Gasteiger partial charge in [-0.15, -0.1) is 11.3 Å². The summed E-state index contributed by atoms with van der Waals surface area (Å²) in [5, 5.41) is 2.27.